The Morgan fingerprint density at radius 2 is 0.950 bits per heavy atom. The number of hydrogen-bond donors (Lipinski definition) is 0. The predicted molar refractivity (Wildman–Crippen MR) is 92.8 cm³/mol. The van der Waals surface area contributed by atoms with Crippen molar-refractivity contribution in [3.8, 4) is 0 Å². The van der Waals surface area contributed by atoms with E-state index in [1.165, 1.54) is 39.2 Å². The van der Waals surface area contributed by atoms with E-state index in [9.17, 15) is 0 Å². The smallest absolute Gasteiger partial charge is 0.0706 e. The summed E-state index contributed by atoms with van der Waals surface area (Å²) in [5.41, 5.74) is 2.68. The molecule has 0 radical (unpaired) electrons. The fraction of sp³-hybridized carbons (Fsp3) is 0.125. The van der Waals surface area contributed by atoms with Crippen LogP contribution in [0.4, 0.5) is 0 Å². The van der Waals surface area contributed by atoms with Crippen LogP contribution in [0, 0.1) is 13.8 Å². The third-order valence-corrected chi connectivity index (χ3v) is 8.78. The molecule has 0 fully saturated rings. The van der Waals surface area contributed by atoms with Gasteiger partial charge in [-0.2, -0.15) is 0 Å². The number of benzene rings is 2. The Morgan fingerprint density at radius 1 is 0.550 bits per heavy atom. The molecule has 2 aliphatic heterocycles. The molecule has 0 nitrogen and oxygen atoms in total. The van der Waals surface area contributed by atoms with Gasteiger partial charge in [-0.05, 0) is 49.2 Å². The van der Waals surface area contributed by atoms with Crippen molar-refractivity contribution in [1.82, 2.24) is 0 Å². The van der Waals surface area contributed by atoms with Gasteiger partial charge >= 0.3 is 0 Å². The first-order valence-electron chi connectivity index (χ1n) is 6.36. The van der Waals surface area contributed by atoms with Crippen LogP contribution in [-0.2, 0) is 0 Å². The van der Waals surface area contributed by atoms with Crippen molar-refractivity contribution in [2.75, 3.05) is 0 Å². The molecule has 2 aliphatic rings. The summed E-state index contributed by atoms with van der Waals surface area (Å²) in [6, 6.07) is 13.5. The molecule has 4 rings (SSSR count). The predicted octanol–water partition coefficient (Wildman–Crippen LogP) is 6.53. The SMILES string of the molecule is Cc1ccc2c(c1)SC(=C1Sc3ccc(C)cc3S1)S2. The van der Waals surface area contributed by atoms with E-state index in [2.05, 4.69) is 50.2 Å². The van der Waals surface area contributed by atoms with Crippen molar-refractivity contribution >= 4 is 47.0 Å². The third kappa shape index (κ3) is 2.33. The second-order valence-corrected chi connectivity index (χ2v) is 9.61. The molecule has 0 atom stereocenters. The highest BCUT2D eigenvalue weighted by Gasteiger charge is 2.26. The van der Waals surface area contributed by atoms with Crippen LogP contribution < -0.4 is 0 Å². The van der Waals surface area contributed by atoms with Crippen molar-refractivity contribution in [3.63, 3.8) is 0 Å². The Bertz CT molecular complexity index is 683. The van der Waals surface area contributed by atoms with Crippen LogP contribution in [0.5, 0.6) is 0 Å². The maximum atomic E-state index is 2.29. The first-order chi connectivity index (χ1) is 9.69. The normalized spacial score (nSPS) is 20.1. The van der Waals surface area contributed by atoms with Gasteiger partial charge in [0, 0.05) is 19.6 Å². The average molecular weight is 333 g/mol. The van der Waals surface area contributed by atoms with E-state index in [-0.39, 0.29) is 0 Å². The summed E-state index contributed by atoms with van der Waals surface area (Å²) in [6.45, 7) is 4.32. The lowest BCUT2D eigenvalue weighted by molar-refractivity contribution is 1.23. The van der Waals surface area contributed by atoms with Gasteiger partial charge < -0.3 is 0 Å². The van der Waals surface area contributed by atoms with Gasteiger partial charge in [-0.3, -0.25) is 0 Å². The van der Waals surface area contributed by atoms with Crippen LogP contribution in [-0.4, -0.2) is 0 Å². The highest BCUT2D eigenvalue weighted by Crippen LogP contribution is 2.61. The fourth-order valence-corrected chi connectivity index (χ4v) is 7.63. The highest BCUT2D eigenvalue weighted by atomic mass is 32.2. The molecule has 0 unspecified atom stereocenters. The number of rotatable bonds is 0. The lowest BCUT2D eigenvalue weighted by atomic mass is 10.2. The molecule has 2 aromatic carbocycles. The molecule has 0 spiro atoms. The molecule has 0 saturated heterocycles. The minimum atomic E-state index is 1.34. The van der Waals surface area contributed by atoms with Crippen LogP contribution in [0.1, 0.15) is 11.1 Å². The first-order valence-corrected chi connectivity index (χ1v) is 9.63. The maximum absolute atomic E-state index is 2.29. The quantitative estimate of drug-likeness (QED) is 0.538. The van der Waals surface area contributed by atoms with Gasteiger partial charge in [0.2, 0.25) is 0 Å². The molecule has 100 valence electrons. The first kappa shape index (κ1) is 13.3. The maximum Gasteiger partial charge on any atom is 0.0706 e. The molecule has 2 aromatic rings. The zero-order valence-electron chi connectivity index (χ0n) is 11.1. The number of aryl methyl sites for hydroxylation is 2. The minimum Gasteiger partial charge on any atom is -0.0798 e. The lowest BCUT2D eigenvalue weighted by Crippen LogP contribution is -1.73. The van der Waals surface area contributed by atoms with Crippen molar-refractivity contribution in [1.29, 1.82) is 0 Å². The van der Waals surface area contributed by atoms with E-state index < -0.39 is 0 Å². The van der Waals surface area contributed by atoms with Crippen LogP contribution >= 0.6 is 47.0 Å². The summed E-state index contributed by atoms with van der Waals surface area (Å²) in [5, 5.41) is 0. The Morgan fingerprint density at radius 3 is 1.40 bits per heavy atom. The Balaban J connectivity index is 1.68. The molecule has 4 heteroatoms. The van der Waals surface area contributed by atoms with Crippen molar-refractivity contribution in [2.24, 2.45) is 0 Å². The van der Waals surface area contributed by atoms with E-state index in [1.807, 2.05) is 47.0 Å². The van der Waals surface area contributed by atoms with Crippen LogP contribution in [0.25, 0.3) is 0 Å². The molecule has 0 aromatic heterocycles. The van der Waals surface area contributed by atoms with Crippen molar-refractivity contribution in [2.45, 2.75) is 33.4 Å². The van der Waals surface area contributed by atoms with E-state index in [0.29, 0.717) is 0 Å². The van der Waals surface area contributed by atoms with Gasteiger partial charge in [-0.1, -0.05) is 59.2 Å². The van der Waals surface area contributed by atoms with Gasteiger partial charge in [0.15, 0.2) is 0 Å². The van der Waals surface area contributed by atoms with E-state index in [1.54, 1.807) is 0 Å². The minimum absolute atomic E-state index is 1.34. The van der Waals surface area contributed by atoms with Crippen molar-refractivity contribution in [3.05, 3.63) is 56.0 Å². The Labute approximate surface area is 136 Å². The lowest BCUT2D eigenvalue weighted by Gasteiger charge is -1.98. The van der Waals surface area contributed by atoms with Gasteiger partial charge in [-0.15, -0.1) is 0 Å². The molecule has 0 aliphatic carbocycles. The molecular formula is C16H12S4. The van der Waals surface area contributed by atoms with Gasteiger partial charge in [0.05, 0.1) is 8.47 Å². The van der Waals surface area contributed by atoms with Crippen LogP contribution in [0.15, 0.2) is 64.5 Å². The second kappa shape index (κ2) is 5.09. The van der Waals surface area contributed by atoms with E-state index >= 15 is 0 Å². The summed E-state index contributed by atoms with van der Waals surface area (Å²) >= 11 is 7.68. The number of fused-ring (bicyclic) bond motifs is 2. The van der Waals surface area contributed by atoms with Crippen LogP contribution in [0.3, 0.4) is 0 Å². The fourth-order valence-electron chi connectivity index (χ4n) is 2.17. The van der Waals surface area contributed by atoms with Crippen LogP contribution in [0.2, 0.25) is 0 Å². The zero-order valence-corrected chi connectivity index (χ0v) is 14.4. The van der Waals surface area contributed by atoms with Crippen molar-refractivity contribution < 1.29 is 0 Å². The zero-order chi connectivity index (χ0) is 13.7. The van der Waals surface area contributed by atoms with Gasteiger partial charge in [0.1, 0.15) is 0 Å². The Hall–Kier alpha value is -0.420. The average Bonchev–Trinajstić information content (AvgIpc) is 3.00. The third-order valence-electron chi connectivity index (χ3n) is 3.18. The summed E-state index contributed by atoms with van der Waals surface area (Å²) < 4.78 is 2.88. The number of hydrogen-bond acceptors (Lipinski definition) is 4. The molecule has 0 saturated carbocycles. The topological polar surface area (TPSA) is 0 Å². The van der Waals surface area contributed by atoms with E-state index in [0.717, 1.165) is 0 Å². The van der Waals surface area contributed by atoms with Gasteiger partial charge in [-0.25, -0.2) is 0 Å². The largest absolute Gasteiger partial charge is 0.0798 e. The molecule has 0 amide bonds. The standard InChI is InChI=1S/C16H12S4/c1-9-3-5-11-13(7-9)19-15(17-11)16-18-12-6-4-10(2)8-14(12)20-16/h3-8H,1-2H3. The Kier molecular flexibility index (Phi) is 3.38. The van der Waals surface area contributed by atoms with E-state index in [4.69, 9.17) is 0 Å². The summed E-state index contributed by atoms with van der Waals surface area (Å²) in [4.78, 5) is 5.62. The molecule has 0 bridgehead atoms. The monoisotopic (exact) mass is 332 g/mol. The molecule has 20 heavy (non-hydrogen) atoms. The summed E-state index contributed by atoms with van der Waals surface area (Å²) in [5.74, 6) is 0. The summed E-state index contributed by atoms with van der Waals surface area (Å²) in [7, 11) is 0. The number of thioether (sulfide) groups is 4. The highest BCUT2D eigenvalue weighted by molar-refractivity contribution is 8.30. The van der Waals surface area contributed by atoms with Gasteiger partial charge in [0.25, 0.3) is 0 Å². The summed E-state index contributed by atoms with van der Waals surface area (Å²) in [6.07, 6.45) is 0. The second-order valence-electron chi connectivity index (χ2n) is 4.88. The molecule has 2 heterocycles. The molecule has 0 N–H and O–H groups in total. The molecular weight excluding hydrogens is 320 g/mol.